The number of rotatable bonds is 7. The van der Waals surface area contributed by atoms with Gasteiger partial charge in [0.25, 0.3) is 0 Å². The van der Waals surface area contributed by atoms with Crippen molar-refractivity contribution in [3.05, 3.63) is 90.3 Å². The van der Waals surface area contributed by atoms with E-state index in [-0.39, 0.29) is 29.4 Å². The van der Waals surface area contributed by atoms with E-state index in [1.807, 2.05) is 0 Å². The number of urea groups is 1. The van der Waals surface area contributed by atoms with Crippen molar-refractivity contribution in [1.82, 2.24) is 25.1 Å². The minimum Gasteiger partial charge on any atom is -0.477 e. The van der Waals surface area contributed by atoms with Crippen LogP contribution < -0.4 is 15.4 Å². The number of nitrogens with zero attached hydrogens (tertiary/aromatic N) is 4. The summed E-state index contributed by atoms with van der Waals surface area (Å²) in [6.07, 6.45) is -0.768. The summed E-state index contributed by atoms with van der Waals surface area (Å²) in [6, 6.07) is 11.5. The van der Waals surface area contributed by atoms with Gasteiger partial charge in [0, 0.05) is 18.8 Å². The molecule has 0 aliphatic carbocycles. The van der Waals surface area contributed by atoms with E-state index < -0.39 is 23.7 Å². The van der Waals surface area contributed by atoms with Gasteiger partial charge in [-0.2, -0.15) is 18.3 Å². The third-order valence-electron chi connectivity index (χ3n) is 4.80. The quantitative estimate of drug-likeness (QED) is 0.342. The Morgan fingerprint density at radius 2 is 1.81 bits per heavy atom. The van der Waals surface area contributed by atoms with E-state index in [0.717, 1.165) is 12.1 Å². The normalized spacial score (nSPS) is 11.1. The zero-order valence-corrected chi connectivity index (χ0v) is 18.2. The molecule has 2 heterocycles. The highest BCUT2D eigenvalue weighted by Crippen LogP contribution is 2.33. The first-order valence-electron chi connectivity index (χ1n) is 10.3. The van der Waals surface area contributed by atoms with Gasteiger partial charge < -0.3 is 20.5 Å². The second-order valence-electron chi connectivity index (χ2n) is 7.31. The fourth-order valence-corrected chi connectivity index (χ4v) is 3.10. The maximum absolute atomic E-state index is 13.2. The lowest BCUT2D eigenvalue weighted by molar-refractivity contribution is -0.137. The van der Waals surface area contributed by atoms with Gasteiger partial charge in [0.15, 0.2) is 5.69 Å². The summed E-state index contributed by atoms with van der Waals surface area (Å²) in [5.41, 5.74) is -0.304. The standard InChI is InChI=1S/C23H17F3N6O4/c24-23(25,26)15-3-6-20(32-13-27-12-30-32)18(9-15)31-22(35)29-11-14-1-4-16(5-2-14)36-17-7-8-28-19(10-17)21(33)34/h1-10,12-13H,11H2,(H,33,34)(H2,29,31,35). The van der Waals surface area contributed by atoms with Crippen molar-refractivity contribution < 1.29 is 32.6 Å². The summed E-state index contributed by atoms with van der Waals surface area (Å²) < 4.78 is 46.4. The third kappa shape index (κ3) is 5.94. The molecule has 0 aliphatic heterocycles. The number of carboxylic acids is 1. The van der Waals surface area contributed by atoms with Gasteiger partial charge in [0.2, 0.25) is 0 Å². The molecule has 0 saturated carbocycles. The van der Waals surface area contributed by atoms with Crippen LogP contribution in [0.5, 0.6) is 11.5 Å². The molecule has 36 heavy (non-hydrogen) atoms. The van der Waals surface area contributed by atoms with Crippen LogP contribution in [0.25, 0.3) is 5.69 Å². The number of aromatic nitrogens is 4. The lowest BCUT2D eigenvalue weighted by Gasteiger charge is -2.15. The second kappa shape index (κ2) is 10.1. The number of benzene rings is 2. The fraction of sp³-hybridized carbons (Fsp3) is 0.0870. The molecule has 3 N–H and O–H groups in total. The summed E-state index contributed by atoms with van der Waals surface area (Å²) in [6.45, 7) is 0.0716. The van der Waals surface area contributed by atoms with Gasteiger partial charge in [-0.1, -0.05) is 12.1 Å². The van der Waals surface area contributed by atoms with E-state index in [1.165, 1.54) is 41.7 Å². The van der Waals surface area contributed by atoms with E-state index in [9.17, 15) is 22.8 Å². The number of anilines is 1. The number of amides is 2. The van der Waals surface area contributed by atoms with Crippen LogP contribution in [0.3, 0.4) is 0 Å². The molecule has 0 unspecified atom stereocenters. The molecule has 184 valence electrons. The van der Waals surface area contributed by atoms with Crippen LogP contribution in [0.2, 0.25) is 0 Å². The van der Waals surface area contributed by atoms with E-state index >= 15 is 0 Å². The maximum Gasteiger partial charge on any atom is 0.416 e. The molecule has 13 heteroatoms. The number of alkyl halides is 3. The number of aromatic carboxylic acids is 1. The molecule has 0 fully saturated rings. The highest BCUT2D eigenvalue weighted by molar-refractivity contribution is 5.91. The Labute approximate surface area is 201 Å². The Kier molecular flexibility index (Phi) is 6.81. The van der Waals surface area contributed by atoms with Gasteiger partial charge in [-0.3, -0.25) is 0 Å². The second-order valence-corrected chi connectivity index (χ2v) is 7.31. The lowest BCUT2D eigenvalue weighted by Crippen LogP contribution is -2.29. The van der Waals surface area contributed by atoms with Crippen LogP contribution in [0, 0.1) is 0 Å². The average molecular weight is 498 g/mol. The molecule has 0 saturated heterocycles. The molecular formula is C23H17F3N6O4. The molecule has 2 amide bonds. The summed E-state index contributed by atoms with van der Waals surface area (Å²) in [5, 5.41) is 17.9. The van der Waals surface area contributed by atoms with Crippen LogP contribution >= 0.6 is 0 Å². The molecule has 2 aromatic carbocycles. The number of halogens is 3. The molecule has 0 atom stereocenters. The van der Waals surface area contributed by atoms with Crippen LogP contribution in [0.4, 0.5) is 23.7 Å². The summed E-state index contributed by atoms with van der Waals surface area (Å²) in [5.74, 6) is -0.470. The van der Waals surface area contributed by atoms with Crippen molar-refractivity contribution in [2.45, 2.75) is 12.7 Å². The largest absolute Gasteiger partial charge is 0.477 e. The molecule has 10 nitrogen and oxygen atoms in total. The van der Waals surface area contributed by atoms with Crippen molar-refractivity contribution in [3.8, 4) is 17.2 Å². The summed E-state index contributed by atoms with van der Waals surface area (Å²) in [7, 11) is 0. The number of nitrogens with one attached hydrogen (secondary N) is 2. The Morgan fingerprint density at radius 1 is 1.03 bits per heavy atom. The Bertz CT molecular complexity index is 1380. The highest BCUT2D eigenvalue weighted by Gasteiger charge is 2.31. The van der Waals surface area contributed by atoms with E-state index in [1.54, 1.807) is 24.3 Å². The smallest absolute Gasteiger partial charge is 0.416 e. The first-order valence-corrected chi connectivity index (χ1v) is 10.3. The zero-order valence-electron chi connectivity index (χ0n) is 18.2. The van der Waals surface area contributed by atoms with Crippen molar-refractivity contribution in [2.75, 3.05) is 5.32 Å². The molecule has 4 aromatic rings. The van der Waals surface area contributed by atoms with E-state index in [0.29, 0.717) is 11.3 Å². The lowest BCUT2D eigenvalue weighted by atomic mass is 10.1. The monoisotopic (exact) mass is 498 g/mol. The Morgan fingerprint density at radius 3 is 2.47 bits per heavy atom. The first kappa shape index (κ1) is 24.2. The van der Waals surface area contributed by atoms with Crippen LogP contribution in [0.1, 0.15) is 21.6 Å². The topological polar surface area (TPSA) is 131 Å². The predicted octanol–water partition coefficient (Wildman–Crippen LogP) is 4.49. The molecule has 0 spiro atoms. The molecule has 2 aromatic heterocycles. The van der Waals surface area contributed by atoms with Gasteiger partial charge in [0.1, 0.15) is 24.2 Å². The van der Waals surface area contributed by atoms with Crippen molar-refractivity contribution >= 4 is 17.7 Å². The van der Waals surface area contributed by atoms with Gasteiger partial charge in [-0.25, -0.2) is 24.2 Å². The van der Waals surface area contributed by atoms with Gasteiger partial charge in [-0.05, 0) is 42.0 Å². The average Bonchev–Trinajstić information content (AvgIpc) is 3.38. The van der Waals surface area contributed by atoms with Gasteiger partial charge in [-0.15, -0.1) is 0 Å². The SMILES string of the molecule is O=C(NCc1ccc(Oc2ccnc(C(=O)O)c2)cc1)Nc1cc(C(F)(F)F)ccc1-n1cncn1. The molecule has 0 radical (unpaired) electrons. The number of hydrogen-bond acceptors (Lipinski definition) is 6. The molecule has 4 rings (SSSR count). The van der Waals surface area contributed by atoms with E-state index in [4.69, 9.17) is 9.84 Å². The van der Waals surface area contributed by atoms with Crippen LogP contribution in [-0.2, 0) is 12.7 Å². The number of hydrogen-bond donors (Lipinski definition) is 3. The highest BCUT2D eigenvalue weighted by atomic mass is 19.4. The van der Waals surface area contributed by atoms with Crippen LogP contribution in [0.15, 0.2) is 73.4 Å². The van der Waals surface area contributed by atoms with Crippen molar-refractivity contribution in [3.63, 3.8) is 0 Å². The van der Waals surface area contributed by atoms with Crippen molar-refractivity contribution in [1.29, 1.82) is 0 Å². The van der Waals surface area contributed by atoms with Crippen molar-refractivity contribution in [2.24, 2.45) is 0 Å². The minimum atomic E-state index is -4.59. The maximum atomic E-state index is 13.2. The number of carbonyl (C=O) groups excluding carboxylic acids is 1. The Balaban J connectivity index is 1.40. The number of carboxylic acid groups (broad SMARTS) is 1. The van der Waals surface area contributed by atoms with Crippen LogP contribution in [-0.4, -0.2) is 36.9 Å². The third-order valence-corrected chi connectivity index (χ3v) is 4.80. The van der Waals surface area contributed by atoms with Gasteiger partial charge >= 0.3 is 18.2 Å². The first-order chi connectivity index (χ1) is 17.2. The predicted molar refractivity (Wildman–Crippen MR) is 120 cm³/mol. The summed E-state index contributed by atoms with van der Waals surface area (Å²) >= 11 is 0. The summed E-state index contributed by atoms with van der Waals surface area (Å²) in [4.78, 5) is 30.9. The fourth-order valence-electron chi connectivity index (χ4n) is 3.10. The van der Waals surface area contributed by atoms with Gasteiger partial charge in [0.05, 0.1) is 16.9 Å². The molecular weight excluding hydrogens is 481 g/mol. The van der Waals surface area contributed by atoms with E-state index in [2.05, 4.69) is 25.7 Å². The molecule has 0 aliphatic rings. The zero-order chi connectivity index (χ0) is 25.7. The number of pyridine rings is 1. The minimum absolute atomic E-state index is 0.0716. The molecule has 0 bridgehead atoms. The Hall–Kier alpha value is -4.94. The number of ether oxygens (including phenoxy) is 1. The number of carbonyl (C=O) groups is 2.